The summed E-state index contributed by atoms with van der Waals surface area (Å²) in [4.78, 5) is 8.20. The number of nitrogens with one attached hydrogen (secondary N) is 1. The first kappa shape index (κ1) is 10.6. The van der Waals surface area contributed by atoms with Crippen molar-refractivity contribution in [3.63, 3.8) is 0 Å². The van der Waals surface area contributed by atoms with Crippen molar-refractivity contribution in [2.75, 3.05) is 5.32 Å². The first-order valence-electron chi connectivity index (χ1n) is 5.09. The molecule has 0 amide bonds. The van der Waals surface area contributed by atoms with Crippen LogP contribution in [-0.4, -0.2) is 15.1 Å². The van der Waals surface area contributed by atoms with Gasteiger partial charge in [-0.25, -0.2) is 9.97 Å². The third kappa shape index (κ3) is 2.77. The van der Waals surface area contributed by atoms with Crippen molar-refractivity contribution < 1.29 is 5.11 Å². The predicted molar refractivity (Wildman–Crippen MR) is 61.7 cm³/mol. The lowest BCUT2D eigenvalue weighted by molar-refractivity contribution is 0.277. The molecule has 0 saturated heterocycles. The molecule has 0 atom stereocenters. The molecule has 2 N–H and O–H groups in total. The Bertz CT molecular complexity index is 445. The van der Waals surface area contributed by atoms with E-state index in [1.165, 1.54) is 5.56 Å². The number of anilines is 1. The van der Waals surface area contributed by atoms with Gasteiger partial charge in [0.2, 0.25) is 5.95 Å². The maximum absolute atomic E-state index is 8.93. The molecule has 0 spiro atoms. The summed E-state index contributed by atoms with van der Waals surface area (Å²) in [6.07, 6.45) is 1.63. The molecule has 0 aliphatic heterocycles. The molecule has 1 aromatic heterocycles. The lowest BCUT2D eigenvalue weighted by Gasteiger charge is -2.05. The molecular formula is C12H13N3O. The summed E-state index contributed by atoms with van der Waals surface area (Å²) in [5.74, 6) is 0.537. The fourth-order valence-corrected chi connectivity index (χ4v) is 1.35. The third-order valence-electron chi connectivity index (χ3n) is 2.17. The number of hydrogen-bond donors (Lipinski definition) is 2. The van der Waals surface area contributed by atoms with E-state index in [-0.39, 0.29) is 6.61 Å². The van der Waals surface area contributed by atoms with Crippen LogP contribution in [0.2, 0.25) is 0 Å². The summed E-state index contributed by atoms with van der Waals surface area (Å²) in [5, 5.41) is 12.0. The second-order valence-electron chi connectivity index (χ2n) is 3.37. The van der Waals surface area contributed by atoms with Crippen LogP contribution in [0.5, 0.6) is 0 Å². The normalized spacial score (nSPS) is 10.1. The Morgan fingerprint density at radius 3 is 2.69 bits per heavy atom. The van der Waals surface area contributed by atoms with Crippen LogP contribution in [0.4, 0.5) is 5.95 Å². The van der Waals surface area contributed by atoms with Crippen LogP contribution in [0.25, 0.3) is 0 Å². The van der Waals surface area contributed by atoms with Gasteiger partial charge in [0.1, 0.15) is 0 Å². The van der Waals surface area contributed by atoms with Gasteiger partial charge in [0, 0.05) is 12.7 Å². The highest BCUT2D eigenvalue weighted by atomic mass is 16.3. The first-order chi connectivity index (χ1) is 7.88. The molecule has 16 heavy (non-hydrogen) atoms. The zero-order valence-electron chi connectivity index (χ0n) is 8.80. The summed E-state index contributed by atoms with van der Waals surface area (Å²) in [5.41, 5.74) is 1.78. The van der Waals surface area contributed by atoms with Crippen molar-refractivity contribution in [2.45, 2.75) is 13.2 Å². The average molecular weight is 215 g/mol. The van der Waals surface area contributed by atoms with Gasteiger partial charge in [-0.2, -0.15) is 0 Å². The monoisotopic (exact) mass is 215 g/mol. The number of benzene rings is 1. The molecular weight excluding hydrogens is 202 g/mol. The van der Waals surface area contributed by atoms with Crippen molar-refractivity contribution in [1.82, 2.24) is 9.97 Å². The highest BCUT2D eigenvalue weighted by Crippen LogP contribution is 2.04. The molecule has 0 aliphatic carbocycles. The minimum Gasteiger partial charge on any atom is -0.390 e. The Hall–Kier alpha value is -1.94. The second-order valence-corrected chi connectivity index (χ2v) is 3.37. The number of rotatable bonds is 4. The van der Waals surface area contributed by atoms with Gasteiger partial charge in [-0.05, 0) is 11.6 Å². The molecule has 2 rings (SSSR count). The van der Waals surface area contributed by atoms with E-state index in [1.54, 1.807) is 12.3 Å². The minimum absolute atomic E-state index is 0.0669. The van der Waals surface area contributed by atoms with Gasteiger partial charge >= 0.3 is 0 Å². The second kappa shape index (κ2) is 5.23. The van der Waals surface area contributed by atoms with Crippen molar-refractivity contribution in [2.24, 2.45) is 0 Å². The molecule has 0 bridgehead atoms. The average Bonchev–Trinajstić information content (AvgIpc) is 2.38. The summed E-state index contributed by atoms with van der Waals surface area (Å²) in [6, 6.07) is 11.7. The number of aliphatic hydroxyl groups is 1. The topological polar surface area (TPSA) is 58.0 Å². The van der Waals surface area contributed by atoms with Crippen LogP contribution in [0, 0.1) is 0 Å². The molecule has 0 unspecified atom stereocenters. The van der Waals surface area contributed by atoms with Crippen LogP contribution >= 0.6 is 0 Å². The Labute approximate surface area is 94.0 Å². The highest BCUT2D eigenvalue weighted by Gasteiger charge is 1.97. The van der Waals surface area contributed by atoms with E-state index in [0.29, 0.717) is 18.2 Å². The van der Waals surface area contributed by atoms with Crippen molar-refractivity contribution >= 4 is 5.95 Å². The smallest absolute Gasteiger partial charge is 0.223 e. The molecule has 0 aliphatic rings. The third-order valence-corrected chi connectivity index (χ3v) is 2.17. The quantitative estimate of drug-likeness (QED) is 0.813. The van der Waals surface area contributed by atoms with Gasteiger partial charge in [-0.3, -0.25) is 0 Å². The molecule has 1 heterocycles. The van der Waals surface area contributed by atoms with E-state index in [4.69, 9.17) is 5.11 Å². The summed E-state index contributed by atoms with van der Waals surface area (Å²) in [7, 11) is 0. The van der Waals surface area contributed by atoms with Crippen molar-refractivity contribution in [3.8, 4) is 0 Å². The lowest BCUT2D eigenvalue weighted by Crippen LogP contribution is -2.04. The Morgan fingerprint density at radius 2 is 1.94 bits per heavy atom. The van der Waals surface area contributed by atoms with Gasteiger partial charge in [0.05, 0.1) is 12.3 Å². The fourth-order valence-electron chi connectivity index (χ4n) is 1.35. The minimum atomic E-state index is -0.0669. The SMILES string of the molecule is OCc1ccnc(NCc2ccccc2)n1. The number of nitrogens with zero attached hydrogens (tertiary/aromatic N) is 2. The number of aromatic nitrogens is 2. The maximum Gasteiger partial charge on any atom is 0.223 e. The maximum atomic E-state index is 8.93. The Balaban J connectivity index is 1.99. The van der Waals surface area contributed by atoms with E-state index < -0.39 is 0 Å². The van der Waals surface area contributed by atoms with Crippen LogP contribution in [0.3, 0.4) is 0 Å². The van der Waals surface area contributed by atoms with E-state index in [1.807, 2.05) is 30.3 Å². The summed E-state index contributed by atoms with van der Waals surface area (Å²) < 4.78 is 0. The first-order valence-corrected chi connectivity index (χ1v) is 5.09. The van der Waals surface area contributed by atoms with Gasteiger partial charge in [-0.1, -0.05) is 30.3 Å². The van der Waals surface area contributed by atoms with Gasteiger partial charge in [0.15, 0.2) is 0 Å². The highest BCUT2D eigenvalue weighted by molar-refractivity contribution is 5.28. The van der Waals surface area contributed by atoms with Gasteiger partial charge < -0.3 is 10.4 Å². The Morgan fingerprint density at radius 1 is 1.12 bits per heavy atom. The standard InChI is InChI=1S/C12H13N3O/c16-9-11-6-7-13-12(15-11)14-8-10-4-2-1-3-5-10/h1-7,16H,8-9H2,(H,13,14,15). The molecule has 2 aromatic rings. The van der Waals surface area contributed by atoms with Crippen molar-refractivity contribution in [3.05, 3.63) is 53.9 Å². The summed E-state index contributed by atoms with van der Waals surface area (Å²) in [6.45, 7) is 0.609. The Kier molecular flexibility index (Phi) is 3.46. The van der Waals surface area contributed by atoms with Gasteiger partial charge in [0.25, 0.3) is 0 Å². The summed E-state index contributed by atoms with van der Waals surface area (Å²) >= 11 is 0. The van der Waals surface area contributed by atoms with Crippen LogP contribution in [0.15, 0.2) is 42.6 Å². The molecule has 0 fully saturated rings. The molecule has 4 heteroatoms. The molecule has 1 aromatic carbocycles. The van der Waals surface area contributed by atoms with E-state index >= 15 is 0 Å². The largest absolute Gasteiger partial charge is 0.390 e. The van der Waals surface area contributed by atoms with E-state index in [2.05, 4.69) is 15.3 Å². The molecule has 0 saturated carbocycles. The van der Waals surface area contributed by atoms with E-state index in [0.717, 1.165) is 0 Å². The van der Waals surface area contributed by atoms with Crippen LogP contribution in [0.1, 0.15) is 11.3 Å². The number of aliphatic hydroxyl groups excluding tert-OH is 1. The van der Waals surface area contributed by atoms with Crippen molar-refractivity contribution in [1.29, 1.82) is 0 Å². The fraction of sp³-hybridized carbons (Fsp3) is 0.167. The van der Waals surface area contributed by atoms with Gasteiger partial charge in [-0.15, -0.1) is 0 Å². The molecule has 82 valence electrons. The number of hydrogen-bond acceptors (Lipinski definition) is 4. The zero-order valence-corrected chi connectivity index (χ0v) is 8.80. The van der Waals surface area contributed by atoms with Crippen LogP contribution < -0.4 is 5.32 Å². The molecule has 4 nitrogen and oxygen atoms in total. The predicted octanol–water partition coefficient (Wildman–Crippen LogP) is 1.58. The lowest BCUT2D eigenvalue weighted by atomic mass is 10.2. The zero-order chi connectivity index (χ0) is 11.2. The molecule has 0 radical (unpaired) electrons. The van der Waals surface area contributed by atoms with Crippen LogP contribution in [-0.2, 0) is 13.2 Å². The van der Waals surface area contributed by atoms with E-state index in [9.17, 15) is 0 Å².